The van der Waals surface area contributed by atoms with E-state index in [2.05, 4.69) is 20.2 Å². The molecule has 2 atom stereocenters. The maximum absolute atomic E-state index is 5.89. The summed E-state index contributed by atoms with van der Waals surface area (Å²) < 4.78 is 12.7. The molecule has 0 unspecified atom stereocenters. The zero-order valence-corrected chi connectivity index (χ0v) is 15.1. The van der Waals surface area contributed by atoms with E-state index in [1.165, 1.54) is 17.8 Å². The number of benzene rings is 1. The molecule has 134 valence electrons. The SMILES string of the molecule is c1cnc2nc(Oc3ccc(OCCN4C[C@@H]5C[C@H]4CN5)cc3)sc2c1. The van der Waals surface area contributed by atoms with E-state index in [1.807, 2.05) is 36.4 Å². The van der Waals surface area contributed by atoms with E-state index in [0.717, 1.165) is 41.5 Å². The van der Waals surface area contributed by atoms with Crippen molar-refractivity contribution in [3.63, 3.8) is 0 Å². The van der Waals surface area contributed by atoms with Gasteiger partial charge in [0.1, 0.15) is 18.1 Å². The van der Waals surface area contributed by atoms with Gasteiger partial charge in [0.25, 0.3) is 5.19 Å². The Morgan fingerprint density at radius 1 is 1.19 bits per heavy atom. The second kappa shape index (κ2) is 6.83. The van der Waals surface area contributed by atoms with Crippen molar-refractivity contribution in [1.29, 1.82) is 0 Å². The highest BCUT2D eigenvalue weighted by atomic mass is 32.1. The molecule has 2 aromatic heterocycles. The maximum atomic E-state index is 5.89. The fourth-order valence-corrected chi connectivity index (χ4v) is 4.49. The van der Waals surface area contributed by atoms with Crippen LogP contribution in [0.25, 0.3) is 10.3 Å². The highest BCUT2D eigenvalue weighted by Crippen LogP contribution is 2.31. The third-order valence-electron chi connectivity index (χ3n) is 4.99. The van der Waals surface area contributed by atoms with Gasteiger partial charge in [0.05, 0.1) is 4.70 Å². The number of nitrogens with zero attached hydrogens (tertiary/aromatic N) is 3. The summed E-state index contributed by atoms with van der Waals surface area (Å²) in [5.74, 6) is 1.62. The molecule has 0 aliphatic carbocycles. The molecule has 2 aliphatic heterocycles. The number of thiazole rings is 1. The van der Waals surface area contributed by atoms with Gasteiger partial charge in [0.15, 0.2) is 5.65 Å². The number of likely N-dealkylation sites (tertiary alicyclic amines) is 1. The second-order valence-corrected chi connectivity index (χ2v) is 7.71. The lowest BCUT2D eigenvalue weighted by Gasteiger charge is -2.26. The van der Waals surface area contributed by atoms with E-state index in [1.54, 1.807) is 6.20 Å². The Balaban J connectivity index is 1.15. The number of aromatic nitrogens is 2. The number of pyridine rings is 1. The number of piperazine rings is 1. The normalized spacial score (nSPS) is 22.2. The minimum atomic E-state index is 0.602. The minimum absolute atomic E-state index is 0.602. The van der Waals surface area contributed by atoms with Gasteiger partial charge in [-0.3, -0.25) is 4.90 Å². The molecular formula is C19H20N4O2S. The Morgan fingerprint density at radius 2 is 2.08 bits per heavy atom. The van der Waals surface area contributed by atoms with Crippen molar-refractivity contribution in [2.24, 2.45) is 0 Å². The molecule has 0 radical (unpaired) electrons. The van der Waals surface area contributed by atoms with Gasteiger partial charge in [0.2, 0.25) is 0 Å². The number of ether oxygens (including phenoxy) is 2. The lowest BCUT2D eigenvalue weighted by Crippen LogP contribution is -2.45. The molecule has 5 rings (SSSR count). The van der Waals surface area contributed by atoms with Crippen LogP contribution in [0.3, 0.4) is 0 Å². The van der Waals surface area contributed by atoms with Gasteiger partial charge in [0, 0.05) is 37.9 Å². The molecule has 2 bridgehead atoms. The Hall–Kier alpha value is -2.22. The molecule has 3 aromatic rings. The second-order valence-electron chi connectivity index (χ2n) is 6.72. The summed E-state index contributed by atoms with van der Waals surface area (Å²) in [5.41, 5.74) is 0.721. The predicted octanol–water partition coefficient (Wildman–Crippen LogP) is 2.91. The van der Waals surface area contributed by atoms with Gasteiger partial charge in [-0.1, -0.05) is 11.3 Å². The van der Waals surface area contributed by atoms with Crippen LogP contribution in [0.2, 0.25) is 0 Å². The predicted molar refractivity (Wildman–Crippen MR) is 101 cm³/mol. The lowest BCUT2D eigenvalue weighted by molar-refractivity contribution is 0.180. The fraction of sp³-hybridized carbons (Fsp3) is 0.368. The number of nitrogens with one attached hydrogen (secondary N) is 1. The molecule has 0 saturated carbocycles. The van der Waals surface area contributed by atoms with E-state index in [4.69, 9.17) is 9.47 Å². The third-order valence-corrected chi connectivity index (χ3v) is 5.88. The summed E-state index contributed by atoms with van der Waals surface area (Å²) in [6.45, 7) is 3.97. The van der Waals surface area contributed by atoms with Crippen molar-refractivity contribution in [2.75, 3.05) is 26.2 Å². The van der Waals surface area contributed by atoms with Crippen LogP contribution in [-0.2, 0) is 0 Å². The summed E-state index contributed by atoms with van der Waals surface area (Å²) >= 11 is 1.49. The van der Waals surface area contributed by atoms with Gasteiger partial charge in [-0.25, -0.2) is 4.98 Å². The van der Waals surface area contributed by atoms with Crippen LogP contribution in [0, 0.1) is 0 Å². The third kappa shape index (κ3) is 3.25. The van der Waals surface area contributed by atoms with Crippen LogP contribution < -0.4 is 14.8 Å². The number of hydrogen-bond donors (Lipinski definition) is 1. The molecule has 26 heavy (non-hydrogen) atoms. The fourth-order valence-electron chi connectivity index (χ4n) is 3.70. The van der Waals surface area contributed by atoms with Crippen molar-refractivity contribution >= 4 is 21.7 Å². The first-order valence-corrected chi connectivity index (χ1v) is 9.75. The Labute approximate surface area is 155 Å². The Morgan fingerprint density at radius 3 is 2.85 bits per heavy atom. The molecule has 0 spiro atoms. The van der Waals surface area contributed by atoms with Crippen LogP contribution in [-0.4, -0.2) is 53.2 Å². The molecule has 1 N–H and O–H groups in total. The average molecular weight is 368 g/mol. The minimum Gasteiger partial charge on any atom is -0.492 e. The first-order chi connectivity index (χ1) is 12.8. The summed E-state index contributed by atoms with van der Waals surface area (Å²) in [4.78, 5) is 11.1. The molecular weight excluding hydrogens is 348 g/mol. The zero-order chi connectivity index (χ0) is 17.3. The molecule has 2 saturated heterocycles. The van der Waals surface area contributed by atoms with Crippen molar-refractivity contribution in [3.8, 4) is 16.7 Å². The highest BCUT2D eigenvalue weighted by molar-refractivity contribution is 7.20. The van der Waals surface area contributed by atoms with E-state index in [-0.39, 0.29) is 0 Å². The van der Waals surface area contributed by atoms with E-state index >= 15 is 0 Å². The zero-order valence-electron chi connectivity index (χ0n) is 14.3. The van der Waals surface area contributed by atoms with Gasteiger partial charge in [-0.05, 0) is 42.8 Å². The van der Waals surface area contributed by atoms with Gasteiger partial charge in [-0.15, -0.1) is 0 Å². The smallest absolute Gasteiger partial charge is 0.281 e. The Kier molecular flexibility index (Phi) is 4.20. The van der Waals surface area contributed by atoms with Crippen molar-refractivity contribution in [1.82, 2.24) is 20.2 Å². The highest BCUT2D eigenvalue weighted by Gasteiger charge is 2.36. The molecule has 6 nitrogen and oxygen atoms in total. The lowest BCUT2D eigenvalue weighted by atomic mass is 10.2. The van der Waals surface area contributed by atoms with Crippen LogP contribution >= 0.6 is 11.3 Å². The number of hydrogen-bond acceptors (Lipinski definition) is 7. The van der Waals surface area contributed by atoms with Crippen molar-refractivity contribution in [2.45, 2.75) is 18.5 Å². The molecule has 2 fully saturated rings. The van der Waals surface area contributed by atoms with Gasteiger partial charge >= 0.3 is 0 Å². The molecule has 1 aromatic carbocycles. The quantitative estimate of drug-likeness (QED) is 0.722. The van der Waals surface area contributed by atoms with Crippen molar-refractivity contribution < 1.29 is 9.47 Å². The molecule has 2 aliphatic rings. The van der Waals surface area contributed by atoms with Crippen LogP contribution in [0.4, 0.5) is 0 Å². The van der Waals surface area contributed by atoms with Gasteiger partial charge in [-0.2, -0.15) is 4.98 Å². The number of rotatable bonds is 6. The van der Waals surface area contributed by atoms with E-state index < -0.39 is 0 Å². The average Bonchev–Trinajstić information content (AvgIpc) is 3.38. The summed E-state index contributed by atoms with van der Waals surface area (Å²) in [5, 5.41) is 4.13. The Bertz CT molecular complexity index is 865. The van der Waals surface area contributed by atoms with Crippen LogP contribution in [0.15, 0.2) is 42.6 Å². The topological polar surface area (TPSA) is 59.5 Å². The van der Waals surface area contributed by atoms with Gasteiger partial charge < -0.3 is 14.8 Å². The largest absolute Gasteiger partial charge is 0.492 e. The van der Waals surface area contributed by atoms with Crippen LogP contribution in [0.1, 0.15) is 6.42 Å². The standard InChI is InChI=1S/C19H20N4O2S/c1-2-17-18(20-7-1)22-19(26-17)25-16-5-3-15(4-6-16)24-9-8-23-12-13-10-14(23)11-21-13/h1-7,13-14,21H,8-12H2/t13-,14-/m0/s1. The van der Waals surface area contributed by atoms with Crippen LogP contribution in [0.5, 0.6) is 16.7 Å². The summed E-state index contributed by atoms with van der Waals surface area (Å²) in [7, 11) is 0. The first-order valence-electron chi connectivity index (χ1n) is 8.93. The van der Waals surface area contributed by atoms with E-state index in [0.29, 0.717) is 23.9 Å². The summed E-state index contributed by atoms with van der Waals surface area (Å²) in [6.07, 6.45) is 3.02. The van der Waals surface area contributed by atoms with Crippen molar-refractivity contribution in [3.05, 3.63) is 42.6 Å². The molecule has 7 heteroatoms. The van der Waals surface area contributed by atoms with E-state index in [9.17, 15) is 0 Å². The monoisotopic (exact) mass is 368 g/mol. The molecule has 4 heterocycles. The maximum Gasteiger partial charge on any atom is 0.281 e. The molecule has 0 amide bonds. The first kappa shape index (κ1) is 16.0. The number of fused-ring (bicyclic) bond motifs is 3. The summed E-state index contributed by atoms with van der Waals surface area (Å²) in [6, 6.07) is 13.0.